The van der Waals surface area contributed by atoms with Crippen LogP contribution in [0.3, 0.4) is 0 Å². The first-order valence-corrected chi connectivity index (χ1v) is 5.83. The van der Waals surface area contributed by atoms with E-state index in [4.69, 9.17) is 23.2 Å². The van der Waals surface area contributed by atoms with Crippen LogP contribution in [-0.4, -0.2) is 14.8 Å². The summed E-state index contributed by atoms with van der Waals surface area (Å²) in [6, 6.07) is 5.22. The van der Waals surface area contributed by atoms with Gasteiger partial charge in [-0.05, 0) is 17.7 Å². The third kappa shape index (κ3) is 2.61. The van der Waals surface area contributed by atoms with Crippen molar-refractivity contribution >= 4 is 17.3 Å². The molecule has 1 aromatic heterocycles. The lowest BCUT2D eigenvalue weighted by molar-refractivity contribution is 0.524. The molecule has 0 amide bonds. The van der Waals surface area contributed by atoms with Crippen LogP contribution >= 0.6 is 11.6 Å². The van der Waals surface area contributed by atoms with Gasteiger partial charge in [-0.2, -0.15) is 5.10 Å². The Balaban J connectivity index is 2.26. The summed E-state index contributed by atoms with van der Waals surface area (Å²) in [5.74, 6) is 6.41. The second-order valence-corrected chi connectivity index (χ2v) is 4.43. The van der Waals surface area contributed by atoms with Gasteiger partial charge in [0.25, 0.3) is 0 Å². The van der Waals surface area contributed by atoms with E-state index in [2.05, 4.69) is 15.5 Å². The fourth-order valence-electron chi connectivity index (χ4n) is 1.81. The average Bonchev–Trinajstić information content (AvgIpc) is 2.73. The number of nitrogens with zero attached hydrogens (tertiary/aromatic N) is 3. The first-order valence-electron chi connectivity index (χ1n) is 5.45. The maximum absolute atomic E-state index is 5.94. The molecular formula is C11H15ClN6. The Morgan fingerprint density at radius 1 is 1.50 bits per heavy atom. The summed E-state index contributed by atoms with van der Waals surface area (Å²) in [7, 11) is 1.83. The molecule has 18 heavy (non-hydrogen) atoms. The molecule has 0 bridgehead atoms. The van der Waals surface area contributed by atoms with E-state index in [1.165, 1.54) is 6.33 Å². The molecule has 1 aromatic carbocycles. The van der Waals surface area contributed by atoms with Crippen molar-refractivity contribution in [2.75, 3.05) is 5.73 Å². The van der Waals surface area contributed by atoms with Crippen molar-refractivity contribution < 1.29 is 0 Å². The Morgan fingerprint density at radius 2 is 2.28 bits per heavy atom. The highest BCUT2D eigenvalue weighted by Gasteiger charge is 2.16. The number of anilines is 1. The molecule has 6 nitrogen and oxygen atoms in total. The monoisotopic (exact) mass is 266 g/mol. The van der Waals surface area contributed by atoms with Crippen LogP contribution < -0.4 is 17.0 Å². The maximum atomic E-state index is 5.94. The molecular weight excluding hydrogens is 252 g/mol. The number of hydrazine groups is 1. The predicted molar refractivity (Wildman–Crippen MR) is 70.6 cm³/mol. The van der Waals surface area contributed by atoms with Gasteiger partial charge in [-0.3, -0.25) is 16.0 Å². The van der Waals surface area contributed by atoms with Gasteiger partial charge in [-0.15, -0.1) is 0 Å². The van der Waals surface area contributed by atoms with Gasteiger partial charge in [0.2, 0.25) is 0 Å². The molecule has 2 rings (SSSR count). The molecule has 96 valence electrons. The first kappa shape index (κ1) is 12.8. The second-order valence-electron chi connectivity index (χ2n) is 4.00. The molecule has 7 heteroatoms. The van der Waals surface area contributed by atoms with E-state index < -0.39 is 0 Å². The summed E-state index contributed by atoms with van der Waals surface area (Å²) >= 11 is 5.87. The van der Waals surface area contributed by atoms with Gasteiger partial charge in [0.05, 0.1) is 6.04 Å². The minimum absolute atomic E-state index is 0.134. The third-order valence-corrected chi connectivity index (χ3v) is 3.05. The first-order chi connectivity index (χ1) is 8.61. The van der Waals surface area contributed by atoms with Gasteiger partial charge >= 0.3 is 0 Å². The van der Waals surface area contributed by atoms with Crippen LogP contribution in [0.5, 0.6) is 0 Å². The van der Waals surface area contributed by atoms with Crippen LogP contribution in [0.2, 0.25) is 5.02 Å². The van der Waals surface area contributed by atoms with Crippen molar-refractivity contribution in [2.45, 2.75) is 12.5 Å². The van der Waals surface area contributed by atoms with Gasteiger partial charge in [0.1, 0.15) is 12.2 Å². The molecule has 0 fully saturated rings. The summed E-state index contributed by atoms with van der Waals surface area (Å²) in [5, 5.41) is 4.62. The highest BCUT2D eigenvalue weighted by Crippen LogP contribution is 2.25. The molecule has 0 aliphatic rings. The molecule has 1 heterocycles. The Bertz CT molecular complexity index is 538. The summed E-state index contributed by atoms with van der Waals surface area (Å²) in [5.41, 5.74) is 10.2. The number of nitrogens with two attached hydrogens (primary N) is 2. The van der Waals surface area contributed by atoms with Crippen molar-refractivity contribution in [3.8, 4) is 0 Å². The Morgan fingerprint density at radius 3 is 2.83 bits per heavy atom. The number of nitrogens with one attached hydrogen (secondary N) is 1. The molecule has 5 N–H and O–H groups in total. The Hall–Kier alpha value is -1.63. The minimum atomic E-state index is -0.134. The van der Waals surface area contributed by atoms with Crippen LogP contribution in [0.1, 0.15) is 17.4 Å². The minimum Gasteiger partial charge on any atom is -0.398 e. The number of rotatable bonds is 4. The van der Waals surface area contributed by atoms with Gasteiger partial charge in [-0.25, -0.2) is 4.98 Å². The largest absolute Gasteiger partial charge is 0.398 e. The SMILES string of the molecule is Cn1ncnc1CC(NN)c1ccc(Cl)cc1N. The maximum Gasteiger partial charge on any atom is 0.138 e. The molecule has 1 unspecified atom stereocenters. The molecule has 0 saturated heterocycles. The normalized spacial score (nSPS) is 12.6. The second kappa shape index (κ2) is 5.34. The van der Waals surface area contributed by atoms with Gasteiger partial charge in [0.15, 0.2) is 0 Å². The van der Waals surface area contributed by atoms with E-state index in [1.54, 1.807) is 16.8 Å². The van der Waals surface area contributed by atoms with Crippen LogP contribution in [0.25, 0.3) is 0 Å². The van der Waals surface area contributed by atoms with Gasteiger partial charge in [0, 0.05) is 24.2 Å². The molecule has 0 aliphatic heterocycles. The van der Waals surface area contributed by atoms with E-state index in [0.717, 1.165) is 11.4 Å². The smallest absolute Gasteiger partial charge is 0.138 e. The van der Waals surface area contributed by atoms with E-state index in [9.17, 15) is 0 Å². The number of benzene rings is 1. The number of hydrogen-bond acceptors (Lipinski definition) is 5. The fourth-order valence-corrected chi connectivity index (χ4v) is 1.99. The highest BCUT2D eigenvalue weighted by molar-refractivity contribution is 6.30. The van der Waals surface area contributed by atoms with Crippen molar-refractivity contribution in [3.63, 3.8) is 0 Å². The van der Waals surface area contributed by atoms with E-state index in [1.807, 2.05) is 13.1 Å². The third-order valence-electron chi connectivity index (χ3n) is 2.82. The summed E-state index contributed by atoms with van der Waals surface area (Å²) in [6.45, 7) is 0. The molecule has 0 radical (unpaired) electrons. The molecule has 2 aromatic rings. The molecule has 0 aliphatic carbocycles. The average molecular weight is 267 g/mol. The van der Waals surface area contributed by atoms with Crippen molar-refractivity contribution in [2.24, 2.45) is 12.9 Å². The summed E-state index contributed by atoms with van der Waals surface area (Å²) in [6.07, 6.45) is 2.10. The van der Waals surface area contributed by atoms with Gasteiger partial charge in [-0.1, -0.05) is 17.7 Å². The number of aryl methyl sites for hydroxylation is 1. The molecule has 0 spiro atoms. The van der Waals surface area contributed by atoms with Crippen LogP contribution in [0.15, 0.2) is 24.5 Å². The highest BCUT2D eigenvalue weighted by atomic mass is 35.5. The van der Waals surface area contributed by atoms with E-state index in [0.29, 0.717) is 17.1 Å². The molecule has 1 atom stereocenters. The lowest BCUT2D eigenvalue weighted by Gasteiger charge is -2.17. The van der Waals surface area contributed by atoms with Crippen molar-refractivity contribution in [3.05, 3.63) is 40.9 Å². The zero-order chi connectivity index (χ0) is 13.1. The Kier molecular flexibility index (Phi) is 3.81. The van der Waals surface area contributed by atoms with Crippen LogP contribution in [0.4, 0.5) is 5.69 Å². The number of aromatic nitrogens is 3. The van der Waals surface area contributed by atoms with Crippen molar-refractivity contribution in [1.82, 2.24) is 20.2 Å². The number of nitrogen functional groups attached to an aromatic ring is 1. The van der Waals surface area contributed by atoms with E-state index in [-0.39, 0.29) is 6.04 Å². The fraction of sp³-hybridized carbons (Fsp3) is 0.273. The zero-order valence-electron chi connectivity index (χ0n) is 9.97. The number of hydrogen-bond donors (Lipinski definition) is 3. The topological polar surface area (TPSA) is 94.8 Å². The number of halogens is 1. The zero-order valence-corrected chi connectivity index (χ0v) is 10.7. The predicted octanol–water partition coefficient (Wildman–Crippen LogP) is 0.798. The Labute approximate surface area is 110 Å². The van der Waals surface area contributed by atoms with Crippen LogP contribution in [0, 0.1) is 0 Å². The lowest BCUT2D eigenvalue weighted by Crippen LogP contribution is -2.31. The van der Waals surface area contributed by atoms with Crippen molar-refractivity contribution in [1.29, 1.82) is 0 Å². The summed E-state index contributed by atoms with van der Waals surface area (Å²) in [4.78, 5) is 4.17. The molecule has 0 saturated carbocycles. The van der Waals surface area contributed by atoms with E-state index >= 15 is 0 Å². The summed E-state index contributed by atoms with van der Waals surface area (Å²) < 4.78 is 1.70. The lowest BCUT2D eigenvalue weighted by atomic mass is 10.0. The van der Waals surface area contributed by atoms with Crippen LogP contribution in [-0.2, 0) is 13.5 Å². The van der Waals surface area contributed by atoms with Gasteiger partial charge < -0.3 is 5.73 Å². The standard InChI is InChI=1S/C11H15ClN6/c1-18-11(15-6-16-18)5-10(17-14)8-3-2-7(12)4-9(8)13/h2-4,6,10,17H,5,13-14H2,1H3. The quantitative estimate of drug-likeness (QED) is 0.432.